The summed E-state index contributed by atoms with van der Waals surface area (Å²) in [6.45, 7) is 2.67. The molecule has 0 spiro atoms. The van der Waals surface area contributed by atoms with Crippen molar-refractivity contribution in [3.05, 3.63) is 41.2 Å². The Kier molecular flexibility index (Phi) is 6.49. The molecule has 1 fully saturated rings. The number of hydrogen-bond donors (Lipinski definition) is 2. The molecular weight excluding hydrogens is 356 g/mol. The van der Waals surface area contributed by atoms with E-state index in [0.29, 0.717) is 35.4 Å². The number of carbonyl (C=O) groups is 1. The summed E-state index contributed by atoms with van der Waals surface area (Å²) in [5.74, 6) is 0.127. The minimum Gasteiger partial charge on any atom is -0.487 e. The average molecular weight is 379 g/mol. The topological polar surface area (TPSA) is 77.4 Å². The van der Waals surface area contributed by atoms with Crippen molar-refractivity contribution in [2.45, 2.75) is 18.9 Å². The van der Waals surface area contributed by atoms with Crippen molar-refractivity contribution >= 4 is 23.2 Å². The Labute approximate surface area is 157 Å². The van der Waals surface area contributed by atoms with E-state index >= 15 is 0 Å². The molecule has 8 heteroatoms. The highest BCUT2D eigenvalue weighted by Crippen LogP contribution is 2.33. The van der Waals surface area contributed by atoms with Crippen molar-refractivity contribution in [2.75, 3.05) is 38.7 Å². The zero-order valence-corrected chi connectivity index (χ0v) is 15.5. The van der Waals surface area contributed by atoms with Crippen LogP contribution in [0, 0.1) is 0 Å². The molecule has 1 unspecified atom stereocenters. The first-order valence-electron chi connectivity index (χ1n) is 8.66. The number of piperidine rings is 1. The van der Waals surface area contributed by atoms with Crippen molar-refractivity contribution in [3.63, 3.8) is 0 Å². The van der Waals surface area contributed by atoms with Crippen molar-refractivity contribution in [2.24, 2.45) is 0 Å². The summed E-state index contributed by atoms with van der Waals surface area (Å²) >= 11 is 6.20. The lowest BCUT2D eigenvalue weighted by atomic mass is 10.1. The number of para-hydroxylation sites is 1. The second-order valence-corrected chi connectivity index (χ2v) is 6.50. The lowest BCUT2D eigenvalue weighted by molar-refractivity contribution is 0.102. The predicted octanol–water partition coefficient (Wildman–Crippen LogP) is 2.74. The van der Waals surface area contributed by atoms with Crippen molar-refractivity contribution in [1.82, 2.24) is 15.1 Å². The van der Waals surface area contributed by atoms with Gasteiger partial charge in [-0.15, -0.1) is 0 Å². The van der Waals surface area contributed by atoms with Gasteiger partial charge in [0.2, 0.25) is 0 Å². The highest BCUT2D eigenvalue weighted by molar-refractivity contribution is 6.32. The van der Waals surface area contributed by atoms with Crippen LogP contribution in [0.1, 0.15) is 29.4 Å². The van der Waals surface area contributed by atoms with Crippen LogP contribution in [0.2, 0.25) is 5.02 Å². The molecule has 2 aromatic rings. The number of nitrogens with zero attached hydrogens (tertiary/aromatic N) is 2. The van der Waals surface area contributed by atoms with Gasteiger partial charge in [-0.2, -0.15) is 5.10 Å². The van der Waals surface area contributed by atoms with Gasteiger partial charge in [0.25, 0.3) is 5.91 Å². The molecule has 1 atom stereocenters. The molecule has 7 nitrogen and oxygen atoms in total. The number of rotatable bonds is 7. The van der Waals surface area contributed by atoms with Crippen LogP contribution in [0.4, 0.5) is 5.69 Å². The fourth-order valence-corrected chi connectivity index (χ4v) is 3.12. The molecule has 1 aromatic carbocycles. The van der Waals surface area contributed by atoms with E-state index in [1.54, 1.807) is 31.4 Å². The predicted molar refractivity (Wildman–Crippen MR) is 100 cm³/mol. The number of ether oxygens (including phenoxy) is 2. The SMILES string of the molecule is COCCOc1c(Cl)cccc1NC(=O)c1ccn(C2CCCNC2)n1. The van der Waals surface area contributed by atoms with Gasteiger partial charge in [0.15, 0.2) is 11.4 Å². The van der Waals surface area contributed by atoms with Crippen LogP contribution in [0.15, 0.2) is 30.5 Å². The van der Waals surface area contributed by atoms with Crippen LogP contribution in [0.3, 0.4) is 0 Å². The molecule has 0 radical (unpaired) electrons. The standard InChI is InChI=1S/C18H23ClN4O3/c1-25-10-11-26-17-14(19)5-2-6-15(17)21-18(24)16-7-9-23(22-16)13-4-3-8-20-12-13/h2,5-7,9,13,20H,3-4,8,10-12H2,1H3,(H,21,24). The Bertz CT molecular complexity index is 744. The maximum absolute atomic E-state index is 12.6. The van der Waals surface area contributed by atoms with Gasteiger partial charge in [-0.25, -0.2) is 0 Å². The van der Waals surface area contributed by atoms with E-state index < -0.39 is 0 Å². The van der Waals surface area contributed by atoms with Crippen molar-refractivity contribution < 1.29 is 14.3 Å². The summed E-state index contributed by atoms with van der Waals surface area (Å²) in [5.41, 5.74) is 0.867. The normalized spacial score (nSPS) is 17.1. The molecular formula is C18H23ClN4O3. The molecule has 140 valence electrons. The molecule has 1 aliphatic rings. The number of halogens is 1. The van der Waals surface area contributed by atoms with Gasteiger partial charge in [-0.1, -0.05) is 17.7 Å². The molecule has 0 aliphatic carbocycles. The van der Waals surface area contributed by atoms with Crippen LogP contribution in [0.5, 0.6) is 5.75 Å². The lowest BCUT2D eigenvalue weighted by Gasteiger charge is -2.22. The highest BCUT2D eigenvalue weighted by Gasteiger charge is 2.19. The average Bonchev–Trinajstić information content (AvgIpc) is 3.15. The Morgan fingerprint density at radius 3 is 3.08 bits per heavy atom. The third-order valence-electron chi connectivity index (χ3n) is 4.24. The van der Waals surface area contributed by atoms with Gasteiger partial charge in [0.1, 0.15) is 6.61 Å². The quantitative estimate of drug-likeness (QED) is 0.724. The van der Waals surface area contributed by atoms with Crippen LogP contribution < -0.4 is 15.4 Å². The van der Waals surface area contributed by atoms with Gasteiger partial charge >= 0.3 is 0 Å². The number of aromatic nitrogens is 2. The number of carbonyl (C=O) groups excluding carboxylic acids is 1. The summed E-state index contributed by atoms with van der Waals surface area (Å²) in [6, 6.07) is 7.22. The van der Waals surface area contributed by atoms with Gasteiger partial charge in [-0.3, -0.25) is 9.48 Å². The summed E-state index contributed by atoms with van der Waals surface area (Å²) in [5, 5.41) is 11.0. The molecule has 1 saturated heterocycles. The molecule has 26 heavy (non-hydrogen) atoms. The fraction of sp³-hybridized carbons (Fsp3) is 0.444. The summed E-state index contributed by atoms with van der Waals surface area (Å²) in [4.78, 5) is 12.6. The summed E-state index contributed by atoms with van der Waals surface area (Å²) in [7, 11) is 1.59. The van der Waals surface area contributed by atoms with E-state index in [1.165, 1.54) is 0 Å². The monoisotopic (exact) mass is 378 g/mol. The van der Waals surface area contributed by atoms with E-state index in [9.17, 15) is 4.79 Å². The van der Waals surface area contributed by atoms with E-state index in [1.807, 2.05) is 10.9 Å². The molecule has 0 bridgehead atoms. The Morgan fingerprint density at radius 2 is 2.31 bits per heavy atom. The van der Waals surface area contributed by atoms with Crippen LogP contribution >= 0.6 is 11.6 Å². The zero-order valence-electron chi connectivity index (χ0n) is 14.7. The van der Waals surface area contributed by atoms with E-state index in [4.69, 9.17) is 21.1 Å². The van der Waals surface area contributed by atoms with Gasteiger partial charge in [-0.05, 0) is 37.6 Å². The van der Waals surface area contributed by atoms with Gasteiger partial charge in [0.05, 0.1) is 23.4 Å². The third kappa shape index (κ3) is 4.55. The Morgan fingerprint density at radius 1 is 1.42 bits per heavy atom. The molecule has 0 saturated carbocycles. The number of amides is 1. The summed E-state index contributed by atoms with van der Waals surface area (Å²) < 4.78 is 12.5. The third-order valence-corrected chi connectivity index (χ3v) is 4.53. The van der Waals surface area contributed by atoms with Crippen LogP contribution in [0.25, 0.3) is 0 Å². The van der Waals surface area contributed by atoms with E-state index in [0.717, 1.165) is 25.9 Å². The first-order chi connectivity index (χ1) is 12.7. The molecule has 2 heterocycles. The van der Waals surface area contributed by atoms with E-state index in [2.05, 4.69) is 15.7 Å². The Hall–Kier alpha value is -2.09. The number of anilines is 1. The first kappa shape index (κ1) is 18.7. The fourth-order valence-electron chi connectivity index (χ4n) is 2.89. The molecule has 1 aliphatic heterocycles. The first-order valence-corrected chi connectivity index (χ1v) is 9.04. The Balaban J connectivity index is 1.70. The van der Waals surface area contributed by atoms with Gasteiger partial charge in [0, 0.05) is 19.9 Å². The largest absolute Gasteiger partial charge is 0.487 e. The lowest BCUT2D eigenvalue weighted by Crippen LogP contribution is -2.32. The number of hydrogen-bond acceptors (Lipinski definition) is 5. The van der Waals surface area contributed by atoms with Crippen molar-refractivity contribution in [3.8, 4) is 5.75 Å². The maximum Gasteiger partial charge on any atom is 0.276 e. The smallest absolute Gasteiger partial charge is 0.276 e. The maximum atomic E-state index is 12.6. The minimum atomic E-state index is -0.300. The molecule has 2 N–H and O–H groups in total. The molecule has 3 rings (SSSR count). The number of methoxy groups -OCH3 is 1. The van der Waals surface area contributed by atoms with Gasteiger partial charge < -0.3 is 20.1 Å². The second-order valence-electron chi connectivity index (χ2n) is 6.09. The van der Waals surface area contributed by atoms with Crippen LogP contribution in [-0.4, -0.2) is 49.1 Å². The van der Waals surface area contributed by atoms with Crippen molar-refractivity contribution in [1.29, 1.82) is 0 Å². The molecule has 1 amide bonds. The second kappa shape index (κ2) is 9.02. The summed E-state index contributed by atoms with van der Waals surface area (Å²) in [6.07, 6.45) is 4.01. The van der Waals surface area contributed by atoms with E-state index in [-0.39, 0.29) is 11.9 Å². The minimum absolute atomic E-state index is 0.282. The number of nitrogens with one attached hydrogen (secondary N) is 2. The van der Waals surface area contributed by atoms with Crippen LogP contribution in [-0.2, 0) is 4.74 Å². The number of benzene rings is 1. The molecule has 1 aromatic heterocycles. The zero-order chi connectivity index (χ0) is 18.4. The highest BCUT2D eigenvalue weighted by atomic mass is 35.5.